The van der Waals surface area contributed by atoms with E-state index in [2.05, 4.69) is 0 Å². The number of nitrogen functional groups attached to an aromatic ring is 1. The Morgan fingerprint density at radius 3 is 2.33 bits per heavy atom. The van der Waals surface area contributed by atoms with Gasteiger partial charge in [0.05, 0.1) is 4.34 Å². The van der Waals surface area contributed by atoms with Crippen molar-refractivity contribution in [3.05, 3.63) is 15.3 Å². The summed E-state index contributed by atoms with van der Waals surface area (Å²) in [5.74, 6) is 0. The summed E-state index contributed by atoms with van der Waals surface area (Å²) < 4.78 is 0.764. The third-order valence-corrected chi connectivity index (χ3v) is 2.12. The Labute approximate surface area is 69.2 Å². The van der Waals surface area contributed by atoms with E-state index in [4.69, 9.17) is 17.3 Å². The maximum atomic E-state index is 5.60. The first kappa shape index (κ1) is 9.08. The van der Waals surface area contributed by atoms with Gasteiger partial charge in [-0.1, -0.05) is 11.6 Å². The molecule has 0 aliphatic rings. The Morgan fingerprint density at radius 2 is 2.22 bits per heavy atom. The van der Waals surface area contributed by atoms with E-state index in [1.54, 1.807) is 6.07 Å². The van der Waals surface area contributed by atoms with Crippen molar-refractivity contribution >= 4 is 41.0 Å². The van der Waals surface area contributed by atoms with Crippen molar-refractivity contribution in [2.24, 2.45) is 0 Å². The van der Waals surface area contributed by atoms with Gasteiger partial charge in [-0.2, -0.15) is 0 Å². The van der Waals surface area contributed by atoms with Crippen LogP contribution in [0.4, 0.5) is 5.69 Å². The molecule has 0 bridgehead atoms. The molecule has 0 radical (unpaired) electrons. The lowest BCUT2D eigenvalue weighted by Gasteiger charge is -1.80. The van der Waals surface area contributed by atoms with Gasteiger partial charge in [0.1, 0.15) is 0 Å². The molecule has 0 aliphatic carbocycles. The number of rotatable bonds is 0. The summed E-state index contributed by atoms with van der Waals surface area (Å²) in [6, 6.07) is 1.77. The molecule has 0 aromatic carbocycles. The molecule has 0 fully saturated rings. The molecule has 1 aromatic heterocycles. The molecule has 2 N–H and O–H groups in total. The van der Waals surface area contributed by atoms with Gasteiger partial charge < -0.3 is 5.73 Å². The highest BCUT2D eigenvalue weighted by molar-refractivity contribution is 7.16. The topological polar surface area (TPSA) is 26.0 Å². The zero-order chi connectivity index (χ0) is 6.15. The minimum absolute atomic E-state index is 0. The van der Waals surface area contributed by atoms with Gasteiger partial charge in [0.25, 0.3) is 0 Å². The average molecular weight is 184 g/mol. The standard InChI is InChI=1S/C5H6ClNS.ClH/c1-3-4(7)2-5(6)8-3;/h2H,7H2,1H3;1H. The first-order valence-corrected chi connectivity index (χ1v) is 3.41. The van der Waals surface area contributed by atoms with Crippen molar-refractivity contribution in [3.63, 3.8) is 0 Å². The minimum Gasteiger partial charge on any atom is -0.398 e. The van der Waals surface area contributed by atoms with Crippen LogP contribution in [0.1, 0.15) is 4.88 Å². The van der Waals surface area contributed by atoms with Crippen molar-refractivity contribution in [1.82, 2.24) is 0 Å². The summed E-state index contributed by atoms with van der Waals surface area (Å²) in [7, 11) is 0. The molecule has 0 saturated heterocycles. The fraction of sp³-hybridized carbons (Fsp3) is 0.200. The van der Waals surface area contributed by atoms with Gasteiger partial charge in [-0.05, 0) is 13.0 Å². The number of halogens is 2. The van der Waals surface area contributed by atoms with Crippen LogP contribution in [0.5, 0.6) is 0 Å². The van der Waals surface area contributed by atoms with Crippen LogP contribution in [0.25, 0.3) is 0 Å². The number of thiophene rings is 1. The van der Waals surface area contributed by atoms with Crippen LogP contribution in [0.2, 0.25) is 4.34 Å². The normalized spacial score (nSPS) is 8.67. The molecule has 0 spiro atoms. The predicted octanol–water partition coefficient (Wildman–Crippen LogP) is 2.71. The van der Waals surface area contributed by atoms with Crippen LogP contribution in [0, 0.1) is 6.92 Å². The number of anilines is 1. The van der Waals surface area contributed by atoms with E-state index in [9.17, 15) is 0 Å². The van der Waals surface area contributed by atoms with Gasteiger partial charge >= 0.3 is 0 Å². The van der Waals surface area contributed by atoms with E-state index in [0.717, 1.165) is 14.9 Å². The van der Waals surface area contributed by atoms with Crippen LogP contribution in [0.3, 0.4) is 0 Å². The lowest BCUT2D eigenvalue weighted by molar-refractivity contribution is 1.63. The van der Waals surface area contributed by atoms with E-state index in [1.807, 2.05) is 6.92 Å². The minimum atomic E-state index is 0. The SMILES string of the molecule is Cc1sc(Cl)cc1N.Cl. The zero-order valence-corrected chi connectivity index (χ0v) is 7.24. The fourth-order valence-corrected chi connectivity index (χ4v) is 1.58. The predicted molar refractivity (Wildman–Crippen MR) is 45.7 cm³/mol. The van der Waals surface area contributed by atoms with Gasteiger partial charge in [0.15, 0.2) is 0 Å². The van der Waals surface area contributed by atoms with Crippen LogP contribution in [-0.4, -0.2) is 0 Å². The van der Waals surface area contributed by atoms with Crippen LogP contribution in [0.15, 0.2) is 6.07 Å². The van der Waals surface area contributed by atoms with E-state index in [-0.39, 0.29) is 12.4 Å². The van der Waals surface area contributed by atoms with Crippen molar-refractivity contribution in [2.45, 2.75) is 6.92 Å². The molecule has 0 aliphatic heterocycles. The monoisotopic (exact) mass is 183 g/mol. The Hall–Kier alpha value is 0.0800. The third kappa shape index (κ3) is 2.05. The highest BCUT2D eigenvalue weighted by atomic mass is 35.5. The van der Waals surface area contributed by atoms with E-state index in [1.165, 1.54) is 11.3 Å². The molecule has 1 nitrogen and oxygen atoms in total. The largest absolute Gasteiger partial charge is 0.398 e. The summed E-state index contributed by atoms with van der Waals surface area (Å²) >= 11 is 7.11. The van der Waals surface area contributed by atoms with Gasteiger partial charge in [-0.15, -0.1) is 23.7 Å². The molecule has 9 heavy (non-hydrogen) atoms. The van der Waals surface area contributed by atoms with Crippen molar-refractivity contribution in [2.75, 3.05) is 5.73 Å². The molecule has 4 heteroatoms. The molecule has 0 amide bonds. The molecular formula is C5H7Cl2NS. The molecule has 1 aromatic rings. The fourth-order valence-electron chi connectivity index (χ4n) is 0.459. The molecule has 1 heterocycles. The van der Waals surface area contributed by atoms with Crippen molar-refractivity contribution in [1.29, 1.82) is 0 Å². The second kappa shape index (κ2) is 3.30. The summed E-state index contributed by atoms with van der Waals surface area (Å²) in [5, 5.41) is 0. The van der Waals surface area contributed by atoms with Gasteiger partial charge in [-0.3, -0.25) is 0 Å². The quantitative estimate of drug-likeness (QED) is 0.659. The zero-order valence-electron chi connectivity index (χ0n) is 4.85. The molecule has 0 unspecified atom stereocenters. The highest BCUT2D eigenvalue weighted by Gasteiger charge is 1.96. The van der Waals surface area contributed by atoms with Crippen LogP contribution in [-0.2, 0) is 0 Å². The Kier molecular flexibility index (Phi) is 3.33. The van der Waals surface area contributed by atoms with Crippen molar-refractivity contribution < 1.29 is 0 Å². The van der Waals surface area contributed by atoms with E-state index >= 15 is 0 Å². The summed E-state index contributed by atoms with van der Waals surface area (Å²) in [4.78, 5) is 1.09. The summed E-state index contributed by atoms with van der Waals surface area (Å²) in [5.41, 5.74) is 6.26. The molecule has 0 atom stereocenters. The average Bonchev–Trinajstić information content (AvgIpc) is 1.85. The van der Waals surface area contributed by atoms with Crippen molar-refractivity contribution in [3.8, 4) is 0 Å². The van der Waals surface area contributed by atoms with Gasteiger partial charge in [0.2, 0.25) is 0 Å². The maximum absolute atomic E-state index is 5.60. The first-order valence-electron chi connectivity index (χ1n) is 2.21. The molecular weight excluding hydrogens is 177 g/mol. The smallest absolute Gasteiger partial charge is 0.0952 e. The van der Waals surface area contributed by atoms with E-state index in [0.29, 0.717) is 0 Å². The summed E-state index contributed by atoms with van der Waals surface area (Å²) in [6.45, 7) is 1.95. The molecule has 0 saturated carbocycles. The third-order valence-electron chi connectivity index (χ3n) is 0.926. The summed E-state index contributed by atoms with van der Waals surface area (Å²) in [6.07, 6.45) is 0. The number of nitrogens with two attached hydrogens (primary N) is 1. The molecule has 1 rings (SSSR count). The number of hydrogen-bond acceptors (Lipinski definition) is 2. The number of hydrogen-bond donors (Lipinski definition) is 1. The Morgan fingerprint density at radius 1 is 1.67 bits per heavy atom. The lowest BCUT2D eigenvalue weighted by Crippen LogP contribution is -1.79. The number of aryl methyl sites for hydroxylation is 1. The van der Waals surface area contributed by atoms with Gasteiger partial charge in [0, 0.05) is 10.6 Å². The van der Waals surface area contributed by atoms with E-state index < -0.39 is 0 Å². The lowest BCUT2D eigenvalue weighted by atomic mass is 10.4. The highest BCUT2D eigenvalue weighted by Crippen LogP contribution is 2.26. The van der Waals surface area contributed by atoms with Gasteiger partial charge in [-0.25, -0.2) is 0 Å². The van der Waals surface area contributed by atoms with Crippen LogP contribution >= 0.6 is 35.3 Å². The second-order valence-electron chi connectivity index (χ2n) is 1.56. The Balaban J connectivity index is 0.000000640. The molecule has 52 valence electrons. The first-order chi connectivity index (χ1) is 3.70. The second-order valence-corrected chi connectivity index (χ2v) is 3.45. The van der Waals surface area contributed by atoms with Crippen LogP contribution < -0.4 is 5.73 Å². The maximum Gasteiger partial charge on any atom is 0.0952 e. The Bertz CT molecular complexity index is 177.